The van der Waals surface area contributed by atoms with Crippen molar-refractivity contribution in [3.05, 3.63) is 16.7 Å². The summed E-state index contributed by atoms with van der Waals surface area (Å²) in [5.74, 6) is -0.777. The summed E-state index contributed by atoms with van der Waals surface area (Å²) in [6.07, 6.45) is 0.898. The van der Waals surface area contributed by atoms with Crippen molar-refractivity contribution in [3.63, 3.8) is 0 Å². The van der Waals surface area contributed by atoms with Gasteiger partial charge in [0.1, 0.15) is 22.8 Å². The molecule has 0 aliphatic heterocycles. The molecule has 0 unspecified atom stereocenters. The number of phenols is 2. The van der Waals surface area contributed by atoms with Crippen molar-refractivity contribution in [2.75, 3.05) is 7.11 Å². The van der Waals surface area contributed by atoms with Gasteiger partial charge < -0.3 is 20.1 Å². The zero-order chi connectivity index (χ0) is 13.9. The molecule has 0 saturated carbocycles. The highest BCUT2D eigenvalue weighted by atomic mass is 16.5. The first kappa shape index (κ1) is 14.3. The normalized spacial score (nSPS) is 10.4. The van der Waals surface area contributed by atoms with Crippen LogP contribution in [-0.2, 0) is 6.61 Å². The number of benzene rings is 1. The van der Waals surface area contributed by atoms with Crippen molar-refractivity contribution < 1.29 is 24.9 Å². The molecular weight excluding hydrogens is 236 g/mol. The largest absolute Gasteiger partial charge is 0.507 e. The van der Waals surface area contributed by atoms with Gasteiger partial charge in [-0.05, 0) is 13.3 Å². The van der Waals surface area contributed by atoms with Crippen LogP contribution in [0, 0.1) is 6.92 Å². The number of ether oxygens (including phenoxy) is 1. The first-order valence-electron chi connectivity index (χ1n) is 5.74. The van der Waals surface area contributed by atoms with Crippen LogP contribution in [0.2, 0.25) is 0 Å². The molecule has 0 bridgehead atoms. The smallest absolute Gasteiger partial charge is 0.170 e. The summed E-state index contributed by atoms with van der Waals surface area (Å²) in [4.78, 5) is 12.0. The molecule has 100 valence electrons. The molecule has 0 heterocycles. The maximum absolute atomic E-state index is 12.0. The van der Waals surface area contributed by atoms with Gasteiger partial charge in [0, 0.05) is 12.0 Å². The lowest BCUT2D eigenvalue weighted by Gasteiger charge is -2.17. The standard InChI is InChI=1S/C13H18O5/c1-4-5-9(15)10-12(17)8(6-14)11(16)7(2)13(10)18-3/h14,16-17H,4-6H2,1-3H3. The van der Waals surface area contributed by atoms with Gasteiger partial charge in [-0.25, -0.2) is 0 Å². The Morgan fingerprint density at radius 1 is 1.28 bits per heavy atom. The van der Waals surface area contributed by atoms with E-state index < -0.39 is 12.4 Å². The quantitative estimate of drug-likeness (QED) is 0.698. The number of methoxy groups -OCH3 is 1. The Balaban J connectivity index is 3.56. The van der Waals surface area contributed by atoms with Crippen LogP contribution in [0.4, 0.5) is 0 Å². The van der Waals surface area contributed by atoms with Crippen molar-refractivity contribution in [3.8, 4) is 17.2 Å². The van der Waals surface area contributed by atoms with E-state index in [1.54, 1.807) is 6.92 Å². The minimum atomic E-state index is -0.547. The Hall–Kier alpha value is -1.75. The molecule has 0 spiro atoms. The zero-order valence-electron chi connectivity index (χ0n) is 10.8. The fourth-order valence-corrected chi connectivity index (χ4v) is 1.91. The van der Waals surface area contributed by atoms with E-state index in [4.69, 9.17) is 9.84 Å². The highest BCUT2D eigenvalue weighted by Gasteiger charge is 2.25. The molecule has 3 N–H and O–H groups in total. The van der Waals surface area contributed by atoms with Crippen molar-refractivity contribution in [2.24, 2.45) is 0 Å². The topological polar surface area (TPSA) is 87.0 Å². The minimum absolute atomic E-state index is 0.0266. The van der Waals surface area contributed by atoms with Gasteiger partial charge in [0.25, 0.3) is 0 Å². The van der Waals surface area contributed by atoms with Gasteiger partial charge in [-0.15, -0.1) is 0 Å². The Labute approximate surface area is 106 Å². The van der Waals surface area contributed by atoms with E-state index in [0.717, 1.165) is 0 Å². The van der Waals surface area contributed by atoms with Gasteiger partial charge in [-0.1, -0.05) is 6.92 Å². The van der Waals surface area contributed by atoms with Gasteiger partial charge in [0.2, 0.25) is 0 Å². The van der Waals surface area contributed by atoms with Gasteiger partial charge in [0.05, 0.1) is 19.3 Å². The van der Waals surface area contributed by atoms with Crippen LogP contribution in [0.5, 0.6) is 17.2 Å². The fourth-order valence-electron chi connectivity index (χ4n) is 1.91. The van der Waals surface area contributed by atoms with Crippen molar-refractivity contribution in [2.45, 2.75) is 33.3 Å². The summed E-state index contributed by atoms with van der Waals surface area (Å²) in [6.45, 7) is 2.87. The van der Waals surface area contributed by atoms with Crippen LogP contribution in [0.1, 0.15) is 41.3 Å². The molecule has 0 atom stereocenters. The molecule has 0 amide bonds. The third-order valence-corrected chi connectivity index (χ3v) is 2.85. The van der Waals surface area contributed by atoms with E-state index in [2.05, 4.69) is 0 Å². The molecule has 0 fully saturated rings. The van der Waals surface area contributed by atoms with E-state index in [9.17, 15) is 15.0 Å². The van der Waals surface area contributed by atoms with Crippen molar-refractivity contribution in [1.82, 2.24) is 0 Å². The number of carbonyl (C=O) groups is 1. The van der Waals surface area contributed by atoms with Crippen LogP contribution in [0.15, 0.2) is 0 Å². The maximum atomic E-state index is 12.0. The number of ketones is 1. The predicted octanol–water partition coefficient (Wildman–Crippen LogP) is 1.89. The Morgan fingerprint density at radius 3 is 2.33 bits per heavy atom. The number of aliphatic hydroxyl groups is 1. The number of Topliss-reactive ketones (excluding diaryl/α,β-unsaturated/α-hetero) is 1. The summed E-state index contributed by atoms with van der Waals surface area (Å²) in [5.41, 5.74) is 0.310. The minimum Gasteiger partial charge on any atom is -0.507 e. The average Bonchev–Trinajstić information content (AvgIpc) is 2.34. The van der Waals surface area contributed by atoms with E-state index in [-0.39, 0.29) is 34.8 Å². The number of aliphatic hydroxyl groups excluding tert-OH is 1. The monoisotopic (exact) mass is 254 g/mol. The molecule has 0 radical (unpaired) electrons. The Morgan fingerprint density at radius 2 is 1.89 bits per heavy atom. The molecule has 1 aromatic carbocycles. The summed E-state index contributed by atoms with van der Waals surface area (Å²) in [5, 5.41) is 28.9. The van der Waals surface area contributed by atoms with E-state index >= 15 is 0 Å². The first-order valence-corrected chi connectivity index (χ1v) is 5.74. The molecule has 1 aromatic rings. The average molecular weight is 254 g/mol. The fraction of sp³-hybridized carbons (Fsp3) is 0.462. The van der Waals surface area contributed by atoms with Crippen LogP contribution in [0.25, 0.3) is 0 Å². The highest BCUT2D eigenvalue weighted by molar-refractivity contribution is 6.02. The highest BCUT2D eigenvalue weighted by Crippen LogP contribution is 2.42. The molecule has 0 aliphatic rings. The second-order valence-corrected chi connectivity index (χ2v) is 4.04. The lowest BCUT2D eigenvalue weighted by molar-refractivity contribution is 0.0975. The van der Waals surface area contributed by atoms with E-state index in [1.165, 1.54) is 7.11 Å². The van der Waals surface area contributed by atoms with Crippen LogP contribution in [-0.4, -0.2) is 28.2 Å². The predicted molar refractivity (Wildman–Crippen MR) is 66.2 cm³/mol. The SMILES string of the molecule is CCCC(=O)c1c(O)c(CO)c(O)c(C)c1OC. The molecule has 0 aliphatic carbocycles. The van der Waals surface area contributed by atoms with Crippen LogP contribution in [0.3, 0.4) is 0 Å². The number of aromatic hydroxyl groups is 2. The van der Waals surface area contributed by atoms with Crippen molar-refractivity contribution >= 4 is 5.78 Å². The molecule has 0 saturated heterocycles. The number of hydrogen-bond acceptors (Lipinski definition) is 5. The number of rotatable bonds is 5. The third kappa shape index (κ3) is 2.26. The molecule has 1 rings (SSSR count). The van der Waals surface area contributed by atoms with Gasteiger partial charge in [-0.2, -0.15) is 0 Å². The molecule has 0 aromatic heterocycles. The zero-order valence-corrected chi connectivity index (χ0v) is 10.8. The lowest BCUT2D eigenvalue weighted by Crippen LogP contribution is -2.06. The van der Waals surface area contributed by atoms with Gasteiger partial charge in [0.15, 0.2) is 5.78 Å². The number of carbonyl (C=O) groups excluding carboxylic acids is 1. The molecular formula is C13H18O5. The van der Waals surface area contributed by atoms with Gasteiger partial charge >= 0.3 is 0 Å². The summed E-state index contributed by atoms with van der Waals surface area (Å²) >= 11 is 0. The summed E-state index contributed by atoms with van der Waals surface area (Å²) < 4.78 is 5.08. The van der Waals surface area contributed by atoms with E-state index in [0.29, 0.717) is 12.0 Å². The Kier molecular flexibility index (Phi) is 4.55. The maximum Gasteiger partial charge on any atom is 0.170 e. The van der Waals surface area contributed by atoms with E-state index in [1.807, 2.05) is 6.92 Å². The molecule has 5 heteroatoms. The van der Waals surface area contributed by atoms with Gasteiger partial charge in [-0.3, -0.25) is 4.79 Å². The van der Waals surface area contributed by atoms with Crippen molar-refractivity contribution in [1.29, 1.82) is 0 Å². The molecule has 5 nitrogen and oxygen atoms in total. The third-order valence-electron chi connectivity index (χ3n) is 2.85. The number of hydrogen-bond donors (Lipinski definition) is 3. The Bertz CT molecular complexity index is 465. The van der Waals surface area contributed by atoms with Crippen LogP contribution < -0.4 is 4.74 Å². The second-order valence-electron chi connectivity index (χ2n) is 4.04. The summed E-state index contributed by atoms with van der Waals surface area (Å²) in [7, 11) is 1.36. The lowest BCUT2D eigenvalue weighted by atomic mass is 9.97. The van der Waals surface area contributed by atoms with Crippen LogP contribution >= 0.6 is 0 Å². The summed E-state index contributed by atoms with van der Waals surface area (Å²) in [6, 6.07) is 0. The second kappa shape index (κ2) is 5.73. The first-order chi connectivity index (χ1) is 8.49. The molecule has 18 heavy (non-hydrogen) atoms.